The largest absolute Gasteiger partial charge is 0.460 e. The number of hydrogen-bond acceptors (Lipinski definition) is 14. The molecule has 77 heavy (non-hydrogen) atoms. The number of cyclic esters (lactones) is 1. The van der Waals surface area contributed by atoms with E-state index < -0.39 is 86.1 Å². The number of nitrogens with zero attached hydrogens (tertiary/aromatic N) is 1. The van der Waals surface area contributed by atoms with Gasteiger partial charge in [0.05, 0.1) is 24.4 Å². The summed E-state index contributed by atoms with van der Waals surface area (Å²) in [5.41, 5.74) is 1.28. The Labute approximate surface area is 463 Å². The fraction of sp³-hybridized carbons (Fsp3) is 0.787. The maximum Gasteiger partial charge on any atom is 0.329 e. The van der Waals surface area contributed by atoms with Crippen molar-refractivity contribution < 1.29 is 67.0 Å². The average Bonchev–Trinajstić information content (AvgIpc) is 3.39. The fourth-order valence-corrected chi connectivity index (χ4v) is 12.4. The zero-order valence-electron chi connectivity index (χ0n) is 49.8. The zero-order chi connectivity index (χ0) is 57.4. The first-order valence-corrected chi connectivity index (χ1v) is 31.8. The molecule has 0 aromatic heterocycles. The second-order valence-corrected chi connectivity index (χ2v) is 29.6. The van der Waals surface area contributed by atoms with Crippen LogP contribution in [0.1, 0.15) is 159 Å². The van der Waals surface area contributed by atoms with E-state index in [9.17, 15) is 34.2 Å². The predicted molar refractivity (Wildman–Crippen MR) is 301 cm³/mol. The molecule has 438 valence electrons. The minimum absolute atomic E-state index is 0.0174. The van der Waals surface area contributed by atoms with Crippen LogP contribution in [0.3, 0.4) is 0 Å². The van der Waals surface area contributed by atoms with Crippen molar-refractivity contribution >= 4 is 37.5 Å². The minimum Gasteiger partial charge on any atom is -0.460 e. The highest BCUT2D eigenvalue weighted by atomic mass is 28.4. The number of aliphatic hydroxyl groups is 2. The predicted octanol–water partition coefficient (Wildman–Crippen LogP) is 10.0. The van der Waals surface area contributed by atoms with Crippen molar-refractivity contribution in [2.75, 3.05) is 41.1 Å². The Morgan fingerprint density at radius 1 is 0.831 bits per heavy atom. The molecule has 1 aliphatic carbocycles. The number of unbranched alkanes of at least 4 members (excludes halogenated alkanes) is 1. The smallest absolute Gasteiger partial charge is 0.329 e. The van der Waals surface area contributed by atoms with Gasteiger partial charge in [-0.15, -0.1) is 0 Å². The normalized spacial score (nSPS) is 36.5. The molecule has 15 atom stereocenters. The molecule has 3 heterocycles. The first-order valence-electron chi connectivity index (χ1n) is 28.9. The Balaban J connectivity index is 1.62. The van der Waals surface area contributed by atoms with Gasteiger partial charge < -0.3 is 48.0 Å². The fourth-order valence-electron chi connectivity index (χ4n) is 11.3. The van der Waals surface area contributed by atoms with Crippen LogP contribution in [0, 0.1) is 35.5 Å². The number of ketones is 3. The van der Waals surface area contributed by atoms with Crippen molar-refractivity contribution in [2.24, 2.45) is 35.5 Å². The van der Waals surface area contributed by atoms with Crippen LogP contribution in [0.2, 0.25) is 18.1 Å². The third-order valence-corrected chi connectivity index (χ3v) is 22.1. The molecule has 1 saturated carbocycles. The number of rotatable bonds is 13. The van der Waals surface area contributed by atoms with Gasteiger partial charge in [-0.05, 0) is 138 Å². The van der Waals surface area contributed by atoms with Gasteiger partial charge in [0, 0.05) is 71.7 Å². The zero-order valence-corrected chi connectivity index (χ0v) is 50.8. The standard InChI is InChI=1S/C61H101NO14Si/c1-39-23-17-16-18-24-40(2)51(70-11)37-47-28-26-45(7)61(69,76-47)57(66)58(67)62-30-20-19-25-48(62)59(68)75-52(38-49(63)41(3)34-44(6)55(65)56(72-13)54(64)43(5)33-39)42(4)35-46-27-29-50(53(36-46)71-12)73-31-21-22-32-74-77(14,15)60(8,9)10/h16-18,23-24,34,39,41-43,45-48,50-53,55-56,65,69H,19-22,25-33,35-38H2,1-15H3/b18-16+,23-17+,40-24+,44-34+/t39-,41-,42-,43-,45-,46+,47+,48+,50-,51+,52+,53-,55-,56+,61-/m1/s1. The Kier molecular flexibility index (Phi) is 26.3. The van der Waals surface area contributed by atoms with Gasteiger partial charge in [0.1, 0.15) is 30.1 Å². The molecule has 4 aliphatic rings. The van der Waals surface area contributed by atoms with Gasteiger partial charge in [-0.1, -0.05) is 91.8 Å². The molecule has 15 nitrogen and oxygen atoms in total. The minimum atomic E-state index is -2.43. The lowest BCUT2D eigenvalue weighted by molar-refractivity contribution is -0.265. The molecular weight excluding hydrogens is 999 g/mol. The quantitative estimate of drug-likeness (QED) is 0.0582. The molecule has 0 unspecified atom stereocenters. The molecule has 4 rings (SSSR count). The van der Waals surface area contributed by atoms with Gasteiger partial charge in [0.25, 0.3) is 11.7 Å². The van der Waals surface area contributed by atoms with Crippen LogP contribution in [0.25, 0.3) is 0 Å². The lowest BCUT2D eigenvalue weighted by atomic mass is 9.78. The Morgan fingerprint density at radius 2 is 1.53 bits per heavy atom. The Bertz CT molecular complexity index is 2060. The first-order chi connectivity index (χ1) is 36.2. The molecule has 3 aliphatic heterocycles. The van der Waals surface area contributed by atoms with Crippen LogP contribution in [0.5, 0.6) is 0 Å². The number of carbonyl (C=O) groups is 5. The SMILES string of the molecule is CO[C@H]1C[C@@H]2CC[C@@H](C)[C@@](O)(O2)C(=O)C(=O)N2CCCC[C@H]2C(=O)O[C@H]([C@H](C)C[C@@H]2CC[C@@H](OCCCCO[Si](C)(C)C(C)(C)C)[C@H](OC)C2)CC(=O)[C@H](C)/C=C(\C)[C@@H](O)[C@@H](OC)C(=O)[C@H](C)C[C@H](C)/C=C/C=C/C=C/1C. The van der Waals surface area contributed by atoms with E-state index in [-0.39, 0.29) is 66.0 Å². The number of amides is 1. The van der Waals surface area contributed by atoms with Gasteiger partial charge in [-0.25, -0.2) is 4.79 Å². The highest BCUT2D eigenvalue weighted by Gasteiger charge is 2.53. The molecule has 2 N–H and O–H groups in total. The highest BCUT2D eigenvalue weighted by molar-refractivity contribution is 6.74. The van der Waals surface area contributed by atoms with E-state index in [0.717, 1.165) is 37.7 Å². The average molecular weight is 1100 g/mol. The van der Waals surface area contributed by atoms with E-state index in [1.165, 1.54) is 12.0 Å². The van der Waals surface area contributed by atoms with Crippen molar-refractivity contribution in [3.63, 3.8) is 0 Å². The number of allylic oxidation sites excluding steroid dienone is 6. The van der Waals surface area contributed by atoms with Gasteiger partial charge in [-0.3, -0.25) is 19.2 Å². The van der Waals surface area contributed by atoms with Crippen LogP contribution in [-0.4, -0.2) is 148 Å². The Morgan fingerprint density at radius 3 is 2.19 bits per heavy atom. The molecular formula is C61H101NO14Si. The number of fused-ring (bicyclic) bond motifs is 3. The number of methoxy groups -OCH3 is 3. The van der Waals surface area contributed by atoms with E-state index in [1.54, 1.807) is 41.1 Å². The van der Waals surface area contributed by atoms with Gasteiger partial charge in [0.2, 0.25) is 5.79 Å². The van der Waals surface area contributed by atoms with Crippen LogP contribution in [-0.2, 0) is 56.8 Å². The highest BCUT2D eigenvalue weighted by Crippen LogP contribution is 2.39. The molecule has 0 aromatic carbocycles. The van der Waals surface area contributed by atoms with E-state index in [4.69, 9.17) is 32.8 Å². The van der Waals surface area contributed by atoms with Gasteiger partial charge in [-0.2, -0.15) is 0 Å². The third-order valence-electron chi connectivity index (χ3n) is 17.6. The monoisotopic (exact) mass is 1100 g/mol. The van der Waals surface area contributed by atoms with Crippen LogP contribution in [0.4, 0.5) is 0 Å². The van der Waals surface area contributed by atoms with E-state index in [1.807, 2.05) is 58.1 Å². The summed E-state index contributed by atoms with van der Waals surface area (Å²) in [5.74, 6) is -7.83. The number of hydrogen-bond donors (Lipinski definition) is 2. The molecule has 1 amide bonds. The van der Waals surface area contributed by atoms with Gasteiger partial charge >= 0.3 is 5.97 Å². The lowest BCUT2D eigenvalue weighted by Gasteiger charge is -2.42. The lowest BCUT2D eigenvalue weighted by Crippen LogP contribution is -2.61. The summed E-state index contributed by atoms with van der Waals surface area (Å²) < 4.78 is 42.9. The topological polar surface area (TPSA) is 194 Å². The summed E-state index contributed by atoms with van der Waals surface area (Å²) in [5, 5.41) is 23.8. The number of esters is 1. The number of aliphatic hydroxyl groups excluding tert-OH is 1. The van der Waals surface area contributed by atoms with Crippen molar-refractivity contribution in [1.29, 1.82) is 0 Å². The number of carbonyl (C=O) groups excluding carboxylic acids is 5. The van der Waals surface area contributed by atoms with Gasteiger partial charge in [0.15, 0.2) is 14.1 Å². The maximum absolute atomic E-state index is 14.6. The molecule has 3 fully saturated rings. The summed E-state index contributed by atoms with van der Waals surface area (Å²) in [6.07, 6.45) is 14.3. The molecule has 16 heteroatoms. The summed E-state index contributed by atoms with van der Waals surface area (Å²) >= 11 is 0. The van der Waals surface area contributed by atoms with Crippen LogP contribution in [0.15, 0.2) is 47.6 Å². The summed E-state index contributed by atoms with van der Waals surface area (Å²) in [6, 6.07) is -1.14. The number of ether oxygens (including phenoxy) is 6. The summed E-state index contributed by atoms with van der Waals surface area (Å²) in [4.78, 5) is 72.8. The van der Waals surface area contributed by atoms with E-state index >= 15 is 0 Å². The molecule has 0 spiro atoms. The third kappa shape index (κ3) is 18.7. The summed E-state index contributed by atoms with van der Waals surface area (Å²) in [7, 11) is 2.87. The second-order valence-electron chi connectivity index (χ2n) is 24.7. The van der Waals surface area contributed by atoms with E-state index in [0.29, 0.717) is 63.7 Å². The molecule has 2 saturated heterocycles. The molecule has 2 bridgehead atoms. The Hall–Kier alpha value is -3.19. The maximum atomic E-state index is 14.6. The molecule has 0 aromatic rings. The first kappa shape index (κ1) is 66.3. The second kappa shape index (κ2) is 30.6. The van der Waals surface area contributed by atoms with Crippen LogP contribution < -0.4 is 0 Å². The molecule has 0 radical (unpaired) electrons. The van der Waals surface area contributed by atoms with Crippen molar-refractivity contribution in [3.05, 3.63) is 47.6 Å². The number of Topliss-reactive ketones (excluding diaryl/α,β-unsaturated/α-hetero) is 3. The van der Waals surface area contributed by atoms with Crippen molar-refractivity contribution in [2.45, 2.75) is 232 Å². The summed E-state index contributed by atoms with van der Waals surface area (Å²) in [6.45, 7) is 25.5. The van der Waals surface area contributed by atoms with E-state index in [2.05, 4.69) is 33.9 Å². The van der Waals surface area contributed by atoms with Crippen molar-refractivity contribution in [1.82, 2.24) is 4.90 Å². The van der Waals surface area contributed by atoms with Crippen molar-refractivity contribution in [3.8, 4) is 0 Å². The number of piperidine rings is 1. The van der Waals surface area contributed by atoms with Crippen LogP contribution >= 0.6 is 0 Å².